The minimum atomic E-state index is 0.579. The Bertz CT molecular complexity index is 418. The Hall–Kier alpha value is -0.530. The molecular formula is C19H30ClN. The van der Waals surface area contributed by atoms with Crippen molar-refractivity contribution >= 4 is 11.6 Å². The summed E-state index contributed by atoms with van der Waals surface area (Å²) in [6, 6.07) is 8.92. The summed E-state index contributed by atoms with van der Waals surface area (Å²) < 4.78 is 0. The molecule has 0 heterocycles. The summed E-state index contributed by atoms with van der Waals surface area (Å²) in [6.45, 7) is 5.72. The third-order valence-electron chi connectivity index (χ3n) is 5.06. The number of hydrogen-bond donors (Lipinski definition) is 1. The van der Waals surface area contributed by atoms with Crippen molar-refractivity contribution in [2.75, 3.05) is 6.54 Å². The van der Waals surface area contributed by atoms with Crippen LogP contribution in [0.5, 0.6) is 0 Å². The van der Waals surface area contributed by atoms with Crippen LogP contribution in [0.4, 0.5) is 0 Å². The number of hydrogen-bond acceptors (Lipinski definition) is 1. The molecule has 2 rings (SSSR count). The highest BCUT2D eigenvalue weighted by atomic mass is 35.5. The lowest BCUT2D eigenvalue weighted by Crippen LogP contribution is -2.43. The molecule has 1 saturated carbocycles. The monoisotopic (exact) mass is 307 g/mol. The average Bonchev–Trinajstić information content (AvgIpc) is 2.53. The van der Waals surface area contributed by atoms with Crippen LogP contribution >= 0.6 is 11.6 Å². The average molecular weight is 308 g/mol. The fourth-order valence-corrected chi connectivity index (χ4v) is 4.09. The van der Waals surface area contributed by atoms with E-state index >= 15 is 0 Å². The highest BCUT2D eigenvalue weighted by Crippen LogP contribution is 2.36. The lowest BCUT2D eigenvalue weighted by Gasteiger charge is -2.37. The topological polar surface area (TPSA) is 12.0 Å². The summed E-state index contributed by atoms with van der Waals surface area (Å²) in [7, 11) is 0. The summed E-state index contributed by atoms with van der Waals surface area (Å²) in [4.78, 5) is 0. The number of halogens is 1. The third-order valence-corrected chi connectivity index (χ3v) is 5.43. The summed E-state index contributed by atoms with van der Waals surface area (Å²) in [6.07, 6.45) is 9.19. The van der Waals surface area contributed by atoms with Crippen molar-refractivity contribution in [1.29, 1.82) is 0 Å². The van der Waals surface area contributed by atoms with Crippen LogP contribution in [0.3, 0.4) is 0 Å². The van der Waals surface area contributed by atoms with E-state index in [1.54, 1.807) is 0 Å². The van der Waals surface area contributed by atoms with Crippen molar-refractivity contribution in [3.8, 4) is 0 Å². The summed E-state index contributed by atoms with van der Waals surface area (Å²) in [5.74, 6) is 1.70. The first kappa shape index (κ1) is 16.8. The van der Waals surface area contributed by atoms with Crippen LogP contribution in [0.1, 0.15) is 57.9 Å². The highest BCUT2D eigenvalue weighted by Gasteiger charge is 2.30. The van der Waals surface area contributed by atoms with Crippen LogP contribution < -0.4 is 5.32 Å². The Morgan fingerprint density at radius 2 is 1.95 bits per heavy atom. The van der Waals surface area contributed by atoms with Crippen molar-refractivity contribution in [2.24, 2.45) is 11.8 Å². The second kappa shape index (κ2) is 8.80. The van der Waals surface area contributed by atoms with Gasteiger partial charge in [0.1, 0.15) is 0 Å². The molecule has 1 aromatic rings. The molecule has 21 heavy (non-hydrogen) atoms. The molecule has 0 saturated heterocycles. The van der Waals surface area contributed by atoms with Crippen LogP contribution in [-0.2, 0) is 6.42 Å². The molecule has 1 aliphatic rings. The van der Waals surface area contributed by atoms with E-state index in [1.807, 2.05) is 12.1 Å². The Labute approximate surface area is 135 Å². The predicted molar refractivity (Wildman–Crippen MR) is 93.0 cm³/mol. The zero-order valence-corrected chi connectivity index (χ0v) is 14.3. The van der Waals surface area contributed by atoms with Crippen LogP contribution in [0, 0.1) is 11.8 Å². The van der Waals surface area contributed by atoms with E-state index in [0.29, 0.717) is 6.04 Å². The molecule has 1 fully saturated rings. The van der Waals surface area contributed by atoms with E-state index in [-0.39, 0.29) is 0 Å². The van der Waals surface area contributed by atoms with Crippen LogP contribution in [0.15, 0.2) is 24.3 Å². The van der Waals surface area contributed by atoms with Gasteiger partial charge in [-0.25, -0.2) is 0 Å². The maximum absolute atomic E-state index is 6.38. The zero-order chi connectivity index (χ0) is 15.1. The van der Waals surface area contributed by atoms with Gasteiger partial charge < -0.3 is 5.32 Å². The van der Waals surface area contributed by atoms with Gasteiger partial charge in [0, 0.05) is 11.1 Å². The minimum absolute atomic E-state index is 0.579. The van der Waals surface area contributed by atoms with Gasteiger partial charge in [-0.1, -0.05) is 69.3 Å². The van der Waals surface area contributed by atoms with E-state index in [4.69, 9.17) is 11.6 Å². The first-order valence-corrected chi connectivity index (χ1v) is 9.10. The van der Waals surface area contributed by atoms with Gasteiger partial charge in [0.2, 0.25) is 0 Å². The van der Waals surface area contributed by atoms with Gasteiger partial charge >= 0.3 is 0 Å². The van der Waals surface area contributed by atoms with E-state index in [0.717, 1.165) is 29.8 Å². The molecule has 1 aliphatic carbocycles. The zero-order valence-electron chi connectivity index (χ0n) is 13.6. The van der Waals surface area contributed by atoms with Crippen molar-refractivity contribution in [3.05, 3.63) is 34.9 Å². The third kappa shape index (κ3) is 4.72. The fraction of sp³-hybridized carbons (Fsp3) is 0.684. The fourth-order valence-electron chi connectivity index (χ4n) is 3.88. The quantitative estimate of drug-likeness (QED) is 0.704. The summed E-state index contributed by atoms with van der Waals surface area (Å²) >= 11 is 6.38. The second-order valence-corrected chi connectivity index (χ2v) is 6.88. The van der Waals surface area contributed by atoms with Gasteiger partial charge in [-0.3, -0.25) is 0 Å². The van der Waals surface area contributed by atoms with Gasteiger partial charge in [-0.05, 0) is 49.3 Å². The Morgan fingerprint density at radius 1 is 1.19 bits per heavy atom. The van der Waals surface area contributed by atoms with Gasteiger partial charge in [0.25, 0.3) is 0 Å². The molecule has 1 aromatic carbocycles. The molecule has 1 N–H and O–H groups in total. The first-order valence-electron chi connectivity index (χ1n) is 8.73. The van der Waals surface area contributed by atoms with Crippen LogP contribution in [0.25, 0.3) is 0 Å². The van der Waals surface area contributed by atoms with Crippen LogP contribution in [0.2, 0.25) is 5.02 Å². The molecule has 2 heteroatoms. The standard InChI is InChI=1S/C19H30ClN/c1-3-13-21-19(14-16-10-6-8-12-18(16)20)17-11-7-5-9-15(17)4-2/h6,8,10,12,15,17,19,21H,3-5,7,9,11,13-14H2,1-2H3. The van der Waals surface area contributed by atoms with Crippen molar-refractivity contribution < 1.29 is 0 Å². The molecule has 1 nitrogen and oxygen atoms in total. The second-order valence-electron chi connectivity index (χ2n) is 6.47. The predicted octanol–water partition coefficient (Wildman–Crippen LogP) is 5.47. The number of rotatable bonds is 7. The first-order chi connectivity index (χ1) is 10.3. The maximum atomic E-state index is 6.38. The summed E-state index contributed by atoms with van der Waals surface area (Å²) in [5, 5.41) is 4.74. The Kier molecular flexibility index (Phi) is 7.06. The Morgan fingerprint density at radius 3 is 2.67 bits per heavy atom. The molecule has 0 spiro atoms. The SMILES string of the molecule is CCCNC(Cc1ccccc1Cl)C1CCCCC1CC. The molecule has 3 atom stereocenters. The van der Waals surface area contributed by atoms with Gasteiger partial charge in [0.05, 0.1) is 0 Å². The normalized spacial score (nSPS) is 24.0. The molecule has 0 aliphatic heterocycles. The van der Waals surface area contributed by atoms with Gasteiger partial charge in [-0.15, -0.1) is 0 Å². The smallest absolute Gasteiger partial charge is 0.0438 e. The van der Waals surface area contributed by atoms with Crippen molar-refractivity contribution in [1.82, 2.24) is 5.32 Å². The number of benzene rings is 1. The van der Waals surface area contributed by atoms with Crippen LogP contribution in [-0.4, -0.2) is 12.6 Å². The van der Waals surface area contributed by atoms with Crippen molar-refractivity contribution in [2.45, 2.75) is 64.8 Å². The highest BCUT2D eigenvalue weighted by molar-refractivity contribution is 6.31. The van der Waals surface area contributed by atoms with Gasteiger partial charge in [-0.2, -0.15) is 0 Å². The largest absolute Gasteiger partial charge is 0.313 e. The van der Waals surface area contributed by atoms with E-state index in [1.165, 1.54) is 44.1 Å². The minimum Gasteiger partial charge on any atom is -0.313 e. The van der Waals surface area contributed by atoms with Gasteiger partial charge in [0.15, 0.2) is 0 Å². The maximum Gasteiger partial charge on any atom is 0.0438 e. The molecule has 0 radical (unpaired) electrons. The molecule has 0 bridgehead atoms. The van der Waals surface area contributed by atoms with E-state index in [9.17, 15) is 0 Å². The Balaban J connectivity index is 2.11. The molecule has 0 amide bonds. The molecule has 118 valence electrons. The molecule has 3 unspecified atom stereocenters. The molecule has 0 aromatic heterocycles. The van der Waals surface area contributed by atoms with E-state index in [2.05, 4.69) is 31.3 Å². The number of nitrogens with one attached hydrogen (secondary N) is 1. The van der Waals surface area contributed by atoms with E-state index < -0.39 is 0 Å². The van der Waals surface area contributed by atoms with Crippen molar-refractivity contribution in [3.63, 3.8) is 0 Å². The molecular weight excluding hydrogens is 278 g/mol. The lowest BCUT2D eigenvalue weighted by atomic mass is 9.72. The summed E-state index contributed by atoms with van der Waals surface area (Å²) in [5.41, 5.74) is 1.30. The lowest BCUT2D eigenvalue weighted by molar-refractivity contribution is 0.174.